The van der Waals surface area contributed by atoms with Gasteiger partial charge in [-0.25, -0.2) is 9.98 Å². The number of aryl methyl sites for hydroxylation is 3. The van der Waals surface area contributed by atoms with Crippen LogP contribution in [0.3, 0.4) is 0 Å². The van der Waals surface area contributed by atoms with Crippen molar-refractivity contribution in [3.8, 4) is 0 Å². The number of rotatable bonds is 7. The second-order valence-electron chi connectivity index (χ2n) is 6.25. The van der Waals surface area contributed by atoms with Gasteiger partial charge in [-0.15, -0.1) is 35.3 Å². The maximum absolute atomic E-state index is 4.67. The quantitative estimate of drug-likeness (QED) is 0.354. The predicted octanol–water partition coefficient (Wildman–Crippen LogP) is 2.47. The van der Waals surface area contributed by atoms with Gasteiger partial charge in [0.05, 0.1) is 24.5 Å². The van der Waals surface area contributed by atoms with E-state index >= 15 is 0 Å². The fourth-order valence-electron chi connectivity index (χ4n) is 2.50. The lowest BCUT2D eigenvalue weighted by atomic mass is 10.1. The molecule has 9 heteroatoms. The average molecular weight is 491 g/mol. The van der Waals surface area contributed by atoms with Crippen LogP contribution in [0.15, 0.2) is 17.4 Å². The van der Waals surface area contributed by atoms with Crippen molar-refractivity contribution < 1.29 is 0 Å². The van der Waals surface area contributed by atoms with Gasteiger partial charge in [0.15, 0.2) is 5.96 Å². The van der Waals surface area contributed by atoms with Gasteiger partial charge in [0.2, 0.25) is 0 Å². The maximum atomic E-state index is 4.67. The van der Waals surface area contributed by atoms with E-state index in [2.05, 4.69) is 64.7 Å². The first-order valence-electron chi connectivity index (χ1n) is 8.50. The molecule has 26 heavy (non-hydrogen) atoms. The van der Waals surface area contributed by atoms with Crippen molar-refractivity contribution in [1.29, 1.82) is 0 Å². The highest BCUT2D eigenvalue weighted by Crippen LogP contribution is 2.17. The topological polar surface area (TPSA) is 70.4 Å². The van der Waals surface area contributed by atoms with E-state index in [0.29, 0.717) is 6.54 Å². The standard InChI is InChI=1S/C17H29N7S.HI/c1-7-18-17(20-10-16-22-12(2)13(3)25-16)19-9-15(23(4)5)14-8-21-24(6)11-14;/h8,11,15H,7,9-10H2,1-6H3,(H2,18,19,20);1H. The summed E-state index contributed by atoms with van der Waals surface area (Å²) in [5.74, 6) is 0.809. The summed E-state index contributed by atoms with van der Waals surface area (Å²) < 4.78 is 1.83. The molecule has 7 nitrogen and oxygen atoms in total. The van der Waals surface area contributed by atoms with E-state index in [9.17, 15) is 0 Å². The van der Waals surface area contributed by atoms with Crippen LogP contribution in [0.1, 0.15) is 34.1 Å². The molecular formula is C17H30IN7S. The SMILES string of the molecule is CCNC(=NCc1nc(C)c(C)s1)NCC(c1cnn(C)c1)N(C)C.I. The van der Waals surface area contributed by atoms with Gasteiger partial charge < -0.3 is 15.5 Å². The Balaban J connectivity index is 0.00000338. The van der Waals surface area contributed by atoms with Crippen LogP contribution in [0.25, 0.3) is 0 Å². The third-order valence-electron chi connectivity index (χ3n) is 3.99. The number of halogens is 1. The number of likely N-dealkylation sites (N-methyl/N-ethyl adjacent to an activating group) is 1. The van der Waals surface area contributed by atoms with Crippen LogP contribution < -0.4 is 10.6 Å². The van der Waals surface area contributed by atoms with E-state index in [1.807, 2.05) is 24.9 Å². The highest BCUT2D eigenvalue weighted by atomic mass is 127. The molecule has 2 aromatic rings. The zero-order valence-electron chi connectivity index (χ0n) is 16.4. The van der Waals surface area contributed by atoms with Crippen molar-refractivity contribution in [3.63, 3.8) is 0 Å². The summed E-state index contributed by atoms with van der Waals surface area (Å²) in [7, 11) is 6.09. The number of aliphatic imine (C=N–C) groups is 1. The summed E-state index contributed by atoms with van der Waals surface area (Å²) in [6.07, 6.45) is 3.97. The minimum atomic E-state index is 0. The highest BCUT2D eigenvalue weighted by molar-refractivity contribution is 14.0. The summed E-state index contributed by atoms with van der Waals surface area (Å²) >= 11 is 1.71. The van der Waals surface area contributed by atoms with Crippen LogP contribution in [0.4, 0.5) is 0 Å². The number of hydrogen-bond acceptors (Lipinski definition) is 5. The van der Waals surface area contributed by atoms with E-state index < -0.39 is 0 Å². The molecule has 0 aliphatic carbocycles. The van der Waals surface area contributed by atoms with Crippen molar-refractivity contribution in [2.45, 2.75) is 33.4 Å². The van der Waals surface area contributed by atoms with Crippen molar-refractivity contribution in [2.75, 3.05) is 27.2 Å². The molecule has 0 fully saturated rings. The van der Waals surface area contributed by atoms with Gasteiger partial charge >= 0.3 is 0 Å². The van der Waals surface area contributed by atoms with Crippen molar-refractivity contribution in [1.82, 2.24) is 30.3 Å². The van der Waals surface area contributed by atoms with Crippen LogP contribution in [0.2, 0.25) is 0 Å². The zero-order chi connectivity index (χ0) is 18.4. The molecule has 0 aliphatic rings. The molecule has 0 spiro atoms. The smallest absolute Gasteiger partial charge is 0.191 e. The molecule has 0 bridgehead atoms. The van der Waals surface area contributed by atoms with Gasteiger partial charge in [0.1, 0.15) is 5.01 Å². The summed E-state index contributed by atoms with van der Waals surface area (Å²) in [6.45, 7) is 8.37. The molecule has 2 N–H and O–H groups in total. The number of nitrogens with one attached hydrogen (secondary N) is 2. The van der Waals surface area contributed by atoms with E-state index in [0.717, 1.165) is 29.8 Å². The lowest BCUT2D eigenvalue weighted by Gasteiger charge is -2.24. The molecule has 1 atom stereocenters. The Labute approximate surface area is 177 Å². The Bertz CT molecular complexity index is 688. The molecule has 2 aromatic heterocycles. The van der Waals surface area contributed by atoms with Gasteiger partial charge in [-0.1, -0.05) is 0 Å². The second kappa shape index (κ2) is 10.8. The summed E-state index contributed by atoms with van der Waals surface area (Å²) in [5, 5.41) is 12.1. The predicted molar refractivity (Wildman–Crippen MR) is 119 cm³/mol. The highest BCUT2D eigenvalue weighted by Gasteiger charge is 2.16. The van der Waals surface area contributed by atoms with Gasteiger partial charge in [0.25, 0.3) is 0 Å². The Morgan fingerprint density at radius 2 is 2.08 bits per heavy atom. The Hall–Kier alpha value is -1.20. The molecule has 146 valence electrons. The summed E-state index contributed by atoms with van der Waals surface area (Å²) in [5.41, 5.74) is 2.28. The van der Waals surface area contributed by atoms with E-state index in [1.54, 1.807) is 11.3 Å². The lowest BCUT2D eigenvalue weighted by Crippen LogP contribution is -2.41. The van der Waals surface area contributed by atoms with E-state index in [-0.39, 0.29) is 30.0 Å². The first-order valence-corrected chi connectivity index (χ1v) is 9.32. The lowest BCUT2D eigenvalue weighted by molar-refractivity contribution is 0.298. The van der Waals surface area contributed by atoms with Crippen LogP contribution in [-0.4, -0.2) is 52.8 Å². The molecular weight excluding hydrogens is 461 g/mol. The summed E-state index contributed by atoms with van der Waals surface area (Å²) in [4.78, 5) is 12.7. The van der Waals surface area contributed by atoms with Crippen LogP contribution >= 0.6 is 35.3 Å². The number of nitrogens with zero attached hydrogens (tertiary/aromatic N) is 5. The molecule has 2 heterocycles. The molecule has 0 radical (unpaired) electrons. The first-order chi connectivity index (χ1) is 11.9. The maximum Gasteiger partial charge on any atom is 0.191 e. The van der Waals surface area contributed by atoms with Gasteiger partial charge in [0, 0.05) is 36.8 Å². The fourth-order valence-corrected chi connectivity index (χ4v) is 3.36. The largest absolute Gasteiger partial charge is 0.357 e. The Morgan fingerprint density at radius 3 is 2.58 bits per heavy atom. The normalized spacial score (nSPS) is 12.8. The third-order valence-corrected chi connectivity index (χ3v) is 5.04. The Morgan fingerprint density at radius 1 is 1.35 bits per heavy atom. The summed E-state index contributed by atoms with van der Waals surface area (Å²) in [6, 6.07) is 0.224. The first kappa shape index (κ1) is 22.8. The second-order valence-corrected chi connectivity index (χ2v) is 7.54. The Kier molecular flexibility index (Phi) is 9.51. The third kappa shape index (κ3) is 6.51. The fraction of sp³-hybridized carbons (Fsp3) is 0.588. The molecule has 1 unspecified atom stereocenters. The van der Waals surface area contributed by atoms with Gasteiger partial charge in [-0.2, -0.15) is 5.10 Å². The molecule has 0 amide bonds. The number of thiazole rings is 1. The zero-order valence-corrected chi connectivity index (χ0v) is 19.6. The number of aromatic nitrogens is 3. The van der Waals surface area contributed by atoms with E-state index in [1.165, 1.54) is 10.4 Å². The van der Waals surface area contributed by atoms with Gasteiger partial charge in [-0.3, -0.25) is 4.68 Å². The number of hydrogen-bond donors (Lipinski definition) is 2. The number of guanidine groups is 1. The van der Waals surface area contributed by atoms with Crippen LogP contribution in [0, 0.1) is 13.8 Å². The molecule has 0 aromatic carbocycles. The minimum absolute atomic E-state index is 0. The van der Waals surface area contributed by atoms with Gasteiger partial charge in [-0.05, 0) is 34.9 Å². The minimum Gasteiger partial charge on any atom is -0.357 e. The van der Waals surface area contributed by atoms with Crippen molar-refractivity contribution >= 4 is 41.3 Å². The van der Waals surface area contributed by atoms with Crippen molar-refractivity contribution in [3.05, 3.63) is 33.5 Å². The van der Waals surface area contributed by atoms with Crippen molar-refractivity contribution in [2.24, 2.45) is 12.0 Å². The molecule has 0 saturated carbocycles. The monoisotopic (exact) mass is 491 g/mol. The van der Waals surface area contributed by atoms with Crippen LogP contribution in [-0.2, 0) is 13.6 Å². The molecule has 2 rings (SSSR count). The molecule has 0 saturated heterocycles. The van der Waals surface area contributed by atoms with E-state index in [4.69, 9.17) is 0 Å². The van der Waals surface area contributed by atoms with Crippen LogP contribution in [0.5, 0.6) is 0 Å². The average Bonchev–Trinajstić information content (AvgIpc) is 3.11. The molecule has 0 aliphatic heterocycles.